The summed E-state index contributed by atoms with van der Waals surface area (Å²) < 4.78 is 25.4. The number of phosphoric ester groups is 1. The Morgan fingerprint density at radius 1 is 0.784 bits per heavy atom. The third-order valence-corrected chi connectivity index (χ3v) is 5.21. The minimum atomic E-state index is -4.81. The third kappa shape index (κ3) is 25.7. The molecule has 9 heteroatoms. The molecule has 0 aliphatic rings. The van der Waals surface area contributed by atoms with Gasteiger partial charge in [-0.05, 0) is 53.8 Å². The van der Waals surface area contributed by atoms with Crippen LogP contribution in [0, 0.1) is 59.7 Å². The van der Waals surface area contributed by atoms with Crippen molar-refractivity contribution < 1.29 is 37.9 Å². The molecule has 0 aliphatic carbocycles. The normalized spacial score (nSPS) is 10.4. The number of esters is 2. The topological polar surface area (TPSA) is 119 Å². The fourth-order valence-electron chi connectivity index (χ4n) is 2.95. The Labute approximate surface area is 220 Å². The zero-order chi connectivity index (χ0) is 27.6. The molecule has 0 rings (SSSR count). The molecule has 0 aromatic rings. The summed E-state index contributed by atoms with van der Waals surface area (Å²) in [5, 5.41) is 0. The lowest BCUT2D eigenvalue weighted by atomic mass is 10.1. The van der Waals surface area contributed by atoms with Crippen LogP contribution in [0.1, 0.15) is 84.0 Å². The van der Waals surface area contributed by atoms with Crippen molar-refractivity contribution in [3.63, 3.8) is 0 Å². The lowest BCUT2D eigenvalue weighted by Crippen LogP contribution is -2.29. The molecule has 0 saturated carbocycles. The number of unbranched alkanes of at least 4 members (excludes halogenated alkanes) is 10. The second-order valence-electron chi connectivity index (χ2n) is 7.93. The molecule has 200 valence electrons. The van der Waals surface area contributed by atoms with E-state index in [0.717, 1.165) is 19.3 Å². The van der Waals surface area contributed by atoms with E-state index >= 15 is 0 Å². The Bertz CT molecular complexity index is 1020. The van der Waals surface area contributed by atoms with Crippen LogP contribution in [0.4, 0.5) is 0 Å². The maximum atomic E-state index is 12.1. The maximum Gasteiger partial charge on any atom is 0.469 e. The van der Waals surface area contributed by atoms with Gasteiger partial charge in [0.25, 0.3) is 0 Å². The fourth-order valence-corrected chi connectivity index (χ4v) is 3.31. The molecular formula is C28H35O8P. The molecule has 1 atom stereocenters. The first-order valence-corrected chi connectivity index (χ1v) is 13.8. The number of terminal acetylenes is 1. The smallest absolute Gasteiger partial charge is 0.456 e. The second kappa shape index (κ2) is 23.3. The number of phosphoric acid groups is 1. The Kier molecular flexibility index (Phi) is 21.3. The molecule has 0 bridgehead atoms. The highest BCUT2D eigenvalue weighted by Crippen LogP contribution is 2.35. The van der Waals surface area contributed by atoms with Gasteiger partial charge in [-0.1, -0.05) is 71.1 Å². The molecule has 2 N–H and O–H groups in total. The van der Waals surface area contributed by atoms with E-state index in [0.29, 0.717) is 6.42 Å². The summed E-state index contributed by atoms with van der Waals surface area (Å²) in [6, 6.07) is 0. The summed E-state index contributed by atoms with van der Waals surface area (Å²) in [7, 11) is -4.81. The Hall–Kier alpha value is -3.15. The maximum absolute atomic E-state index is 12.1. The minimum Gasteiger partial charge on any atom is -0.456 e. The van der Waals surface area contributed by atoms with Crippen molar-refractivity contribution in [3.8, 4) is 59.7 Å². The van der Waals surface area contributed by atoms with Crippen LogP contribution in [-0.2, 0) is 28.2 Å². The molecule has 0 aliphatic heterocycles. The molecular weight excluding hydrogens is 495 g/mol. The number of rotatable bonds is 18. The third-order valence-electron chi connectivity index (χ3n) is 4.72. The van der Waals surface area contributed by atoms with Gasteiger partial charge in [0.1, 0.15) is 6.61 Å². The van der Waals surface area contributed by atoms with Gasteiger partial charge in [0.2, 0.25) is 0 Å². The van der Waals surface area contributed by atoms with E-state index in [4.69, 9.17) is 25.7 Å². The van der Waals surface area contributed by atoms with E-state index in [9.17, 15) is 14.2 Å². The van der Waals surface area contributed by atoms with Crippen LogP contribution in [0.15, 0.2) is 0 Å². The molecule has 0 saturated heterocycles. The lowest BCUT2D eigenvalue weighted by molar-refractivity contribution is -0.158. The SMILES string of the molecule is C#CC#CC#CC#CC#CC(=O)OC[C@H](COP(=O)(O)O)OC(=O)CCCCCCCCCCCCC. The Morgan fingerprint density at radius 3 is 1.84 bits per heavy atom. The van der Waals surface area contributed by atoms with Crippen molar-refractivity contribution in [3.05, 3.63) is 0 Å². The number of carbonyl (C=O) groups excluding carboxylic acids is 2. The van der Waals surface area contributed by atoms with Gasteiger partial charge in [0.05, 0.1) is 6.61 Å². The Balaban J connectivity index is 4.38. The first-order chi connectivity index (χ1) is 17.8. The highest BCUT2D eigenvalue weighted by atomic mass is 31.2. The van der Waals surface area contributed by atoms with Crippen molar-refractivity contribution in [2.75, 3.05) is 13.2 Å². The van der Waals surface area contributed by atoms with Crippen LogP contribution in [0.25, 0.3) is 0 Å². The molecule has 0 unspecified atom stereocenters. The van der Waals surface area contributed by atoms with E-state index in [-0.39, 0.29) is 6.42 Å². The summed E-state index contributed by atoms with van der Waals surface area (Å²) >= 11 is 0. The fraction of sp³-hybridized carbons (Fsp3) is 0.571. The summed E-state index contributed by atoms with van der Waals surface area (Å²) in [5.41, 5.74) is 0. The van der Waals surface area contributed by atoms with E-state index in [1.54, 1.807) is 0 Å². The van der Waals surface area contributed by atoms with Gasteiger partial charge in [-0.2, -0.15) is 0 Å². The molecule has 0 fully saturated rings. The van der Waals surface area contributed by atoms with Gasteiger partial charge in [0, 0.05) is 12.3 Å². The largest absolute Gasteiger partial charge is 0.469 e. The average molecular weight is 531 g/mol. The van der Waals surface area contributed by atoms with Crippen molar-refractivity contribution in [1.29, 1.82) is 0 Å². The average Bonchev–Trinajstić information content (AvgIpc) is 2.85. The predicted molar refractivity (Wildman–Crippen MR) is 140 cm³/mol. The summed E-state index contributed by atoms with van der Waals surface area (Å²) in [4.78, 5) is 41.6. The number of ether oxygens (including phenoxy) is 2. The minimum absolute atomic E-state index is 0.138. The summed E-state index contributed by atoms with van der Waals surface area (Å²) in [6.07, 6.45) is 16.3. The van der Waals surface area contributed by atoms with E-state index < -0.39 is 39.1 Å². The number of carbonyl (C=O) groups is 2. The van der Waals surface area contributed by atoms with Crippen molar-refractivity contribution in [1.82, 2.24) is 0 Å². The summed E-state index contributed by atoms with van der Waals surface area (Å²) in [6.45, 7) is 1.06. The van der Waals surface area contributed by atoms with Crippen LogP contribution < -0.4 is 0 Å². The Morgan fingerprint density at radius 2 is 1.30 bits per heavy atom. The van der Waals surface area contributed by atoms with Gasteiger partial charge in [-0.25, -0.2) is 9.36 Å². The van der Waals surface area contributed by atoms with Crippen molar-refractivity contribution in [2.45, 2.75) is 90.1 Å². The molecule has 0 spiro atoms. The van der Waals surface area contributed by atoms with Crippen molar-refractivity contribution in [2.24, 2.45) is 0 Å². The molecule has 0 aromatic carbocycles. The van der Waals surface area contributed by atoms with Gasteiger partial charge in [0.15, 0.2) is 6.10 Å². The van der Waals surface area contributed by atoms with Crippen LogP contribution >= 0.6 is 7.82 Å². The highest BCUT2D eigenvalue weighted by Gasteiger charge is 2.22. The van der Waals surface area contributed by atoms with E-state index in [1.807, 2.05) is 0 Å². The first-order valence-electron chi connectivity index (χ1n) is 12.3. The summed E-state index contributed by atoms with van der Waals surface area (Å²) in [5.74, 6) is 18.8. The predicted octanol–water partition coefficient (Wildman–Crippen LogP) is 3.90. The monoisotopic (exact) mass is 530 g/mol. The van der Waals surface area contributed by atoms with Crippen LogP contribution in [0.2, 0.25) is 0 Å². The van der Waals surface area contributed by atoms with Gasteiger partial charge in [-0.3, -0.25) is 9.32 Å². The van der Waals surface area contributed by atoms with Crippen LogP contribution in [0.3, 0.4) is 0 Å². The van der Waals surface area contributed by atoms with E-state index in [1.165, 1.54) is 44.9 Å². The van der Waals surface area contributed by atoms with Gasteiger partial charge >= 0.3 is 19.8 Å². The van der Waals surface area contributed by atoms with Crippen molar-refractivity contribution >= 4 is 19.8 Å². The van der Waals surface area contributed by atoms with Crippen LogP contribution in [0.5, 0.6) is 0 Å². The first kappa shape index (κ1) is 33.8. The quantitative estimate of drug-likeness (QED) is 0.0901. The molecule has 0 radical (unpaired) electrons. The highest BCUT2D eigenvalue weighted by molar-refractivity contribution is 7.46. The molecule has 0 heterocycles. The molecule has 8 nitrogen and oxygen atoms in total. The zero-order valence-electron chi connectivity index (χ0n) is 21.3. The molecule has 37 heavy (non-hydrogen) atoms. The zero-order valence-corrected chi connectivity index (χ0v) is 22.2. The van der Waals surface area contributed by atoms with E-state index in [2.05, 4.69) is 64.7 Å². The molecule has 0 aromatic heterocycles. The van der Waals surface area contributed by atoms with Gasteiger partial charge < -0.3 is 19.3 Å². The molecule has 0 amide bonds. The second-order valence-corrected chi connectivity index (χ2v) is 9.17. The number of hydrogen-bond donors (Lipinski definition) is 2. The van der Waals surface area contributed by atoms with Crippen LogP contribution in [-0.4, -0.2) is 41.0 Å². The lowest BCUT2D eigenvalue weighted by Gasteiger charge is -2.17. The standard InChI is InChI=1S/C28H35O8P/c1-3-5-7-9-11-13-14-15-17-19-21-23-28(30)36-26(25-35-37(31,32)33)24-34-27(29)22-20-18-16-12-10-8-6-4-2/h2,26H,3,5,7,9,11,13-15,17,19,21,23-25H2,1H3,(H2,31,32,33)/t26-/m1/s1. The van der Waals surface area contributed by atoms with Gasteiger partial charge in [-0.15, -0.1) is 6.42 Å². The number of hydrogen-bond acceptors (Lipinski definition) is 6.